The van der Waals surface area contributed by atoms with Crippen LogP contribution in [-0.4, -0.2) is 0 Å². The standard InChI is InChI=1S/C24H26O2/c1-4-6-10-19-13-14-23(18(3)15-19)25-26-24-17-21-12-8-7-11-20(21)16-22(24)9-5-2/h5,7-12,14-17H,4,6,13H2,1-3H3/b9-5+,19-10+. The topological polar surface area (TPSA) is 18.5 Å². The quantitative estimate of drug-likeness (QED) is 0.408. The summed E-state index contributed by atoms with van der Waals surface area (Å²) in [5.74, 6) is 1.51. The van der Waals surface area contributed by atoms with Crippen LogP contribution < -0.4 is 4.89 Å². The minimum atomic E-state index is 0.725. The SMILES string of the molecule is C/C=C/c1cc2ccccc2cc1OOC1=CC/C(=C\CCC)C=C1C. The third-order valence-electron chi connectivity index (χ3n) is 4.45. The first kappa shape index (κ1) is 18.1. The Labute approximate surface area is 156 Å². The minimum absolute atomic E-state index is 0.725. The predicted molar refractivity (Wildman–Crippen MR) is 110 cm³/mol. The summed E-state index contributed by atoms with van der Waals surface area (Å²) in [6.45, 7) is 6.25. The van der Waals surface area contributed by atoms with E-state index in [1.807, 2.05) is 37.3 Å². The summed E-state index contributed by atoms with van der Waals surface area (Å²) in [5, 5.41) is 2.32. The van der Waals surface area contributed by atoms with Crippen molar-refractivity contribution in [3.63, 3.8) is 0 Å². The average molecular weight is 346 g/mol. The fourth-order valence-electron chi connectivity index (χ4n) is 3.06. The lowest BCUT2D eigenvalue weighted by molar-refractivity contribution is -0.163. The maximum absolute atomic E-state index is 5.74. The van der Waals surface area contributed by atoms with Gasteiger partial charge in [-0.3, -0.25) is 9.78 Å². The number of hydrogen-bond acceptors (Lipinski definition) is 2. The minimum Gasteiger partial charge on any atom is -0.290 e. The zero-order valence-electron chi connectivity index (χ0n) is 15.8. The molecular weight excluding hydrogens is 320 g/mol. The van der Waals surface area contributed by atoms with Crippen LogP contribution in [0, 0.1) is 0 Å². The van der Waals surface area contributed by atoms with Crippen LogP contribution in [0.3, 0.4) is 0 Å². The first-order valence-electron chi connectivity index (χ1n) is 9.29. The molecule has 2 nitrogen and oxygen atoms in total. The number of fused-ring (bicyclic) bond motifs is 1. The van der Waals surface area contributed by atoms with Crippen molar-refractivity contribution in [1.82, 2.24) is 0 Å². The number of benzene rings is 2. The van der Waals surface area contributed by atoms with Gasteiger partial charge in [0.1, 0.15) is 0 Å². The van der Waals surface area contributed by atoms with Crippen LogP contribution in [0.15, 0.2) is 77.6 Å². The van der Waals surface area contributed by atoms with Crippen molar-refractivity contribution in [3.05, 3.63) is 83.2 Å². The van der Waals surface area contributed by atoms with Crippen LogP contribution in [-0.2, 0) is 4.89 Å². The summed E-state index contributed by atoms with van der Waals surface area (Å²) >= 11 is 0. The van der Waals surface area contributed by atoms with E-state index in [9.17, 15) is 0 Å². The van der Waals surface area contributed by atoms with Crippen molar-refractivity contribution < 1.29 is 9.78 Å². The second-order valence-corrected chi connectivity index (χ2v) is 6.57. The second kappa shape index (κ2) is 8.57. The van der Waals surface area contributed by atoms with E-state index < -0.39 is 0 Å². The van der Waals surface area contributed by atoms with Crippen LogP contribution in [0.25, 0.3) is 16.8 Å². The van der Waals surface area contributed by atoms with Crippen LogP contribution in [0.1, 0.15) is 45.6 Å². The summed E-state index contributed by atoms with van der Waals surface area (Å²) < 4.78 is 0. The summed E-state index contributed by atoms with van der Waals surface area (Å²) in [5.41, 5.74) is 3.44. The first-order valence-corrected chi connectivity index (χ1v) is 9.29. The Morgan fingerprint density at radius 1 is 1.08 bits per heavy atom. The normalized spacial score (nSPS) is 16.0. The highest BCUT2D eigenvalue weighted by molar-refractivity contribution is 5.87. The fraction of sp³-hybridized carbons (Fsp3) is 0.250. The zero-order valence-corrected chi connectivity index (χ0v) is 15.8. The van der Waals surface area contributed by atoms with E-state index in [1.165, 1.54) is 17.4 Å². The van der Waals surface area contributed by atoms with Crippen molar-refractivity contribution in [2.75, 3.05) is 0 Å². The van der Waals surface area contributed by atoms with Crippen molar-refractivity contribution in [2.45, 2.75) is 40.0 Å². The second-order valence-electron chi connectivity index (χ2n) is 6.57. The van der Waals surface area contributed by atoms with Crippen LogP contribution in [0.5, 0.6) is 5.75 Å². The fourth-order valence-corrected chi connectivity index (χ4v) is 3.06. The molecule has 26 heavy (non-hydrogen) atoms. The molecule has 0 unspecified atom stereocenters. The molecular formula is C24H26O2. The molecule has 0 amide bonds. The third kappa shape index (κ3) is 4.26. The molecule has 134 valence electrons. The van der Waals surface area contributed by atoms with Gasteiger partial charge in [0.15, 0.2) is 11.5 Å². The summed E-state index contributed by atoms with van der Waals surface area (Å²) in [7, 11) is 0. The van der Waals surface area contributed by atoms with E-state index in [1.54, 1.807) is 0 Å². The Morgan fingerprint density at radius 2 is 1.85 bits per heavy atom. The molecule has 2 aromatic rings. The van der Waals surface area contributed by atoms with Gasteiger partial charge >= 0.3 is 0 Å². The molecule has 0 atom stereocenters. The van der Waals surface area contributed by atoms with E-state index in [4.69, 9.17) is 9.78 Å². The highest BCUT2D eigenvalue weighted by Gasteiger charge is 2.12. The van der Waals surface area contributed by atoms with Crippen LogP contribution in [0.4, 0.5) is 0 Å². The summed E-state index contributed by atoms with van der Waals surface area (Å²) in [6, 6.07) is 12.4. The Hall–Kier alpha value is -2.74. The molecule has 1 aliphatic rings. The number of rotatable bonds is 6. The molecule has 2 aromatic carbocycles. The smallest absolute Gasteiger partial charge is 0.186 e. The molecule has 0 aliphatic heterocycles. The van der Waals surface area contributed by atoms with Gasteiger partial charge in [-0.05, 0) is 66.8 Å². The molecule has 3 rings (SSSR count). The van der Waals surface area contributed by atoms with Crippen molar-refractivity contribution in [3.8, 4) is 5.75 Å². The van der Waals surface area contributed by atoms with Crippen molar-refractivity contribution in [2.24, 2.45) is 0 Å². The molecule has 1 aliphatic carbocycles. The molecule has 0 saturated carbocycles. The Balaban J connectivity index is 1.78. The van der Waals surface area contributed by atoms with Crippen molar-refractivity contribution in [1.29, 1.82) is 0 Å². The molecule has 2 heteroatoms. The van der Waals surface area contributed by atoms with Gasteiger partial charge in [-0.25, -0.2) is 0 Å². The molecule has 0 spiro atoms. The maximum Gasteiger partial charge on any atom is 0.186 e. The largest absolute Gasteiger partial charge is 0.290 e. The third-order valence-corrected chi connectivity index (χ3v) is 4.45. The Kier molecular flexibility index (Phi) is 5.96. The molecule has 0 N–H and O–H groups in total. The molecule has 0 bridgehead atoms. The van der Waals surface area contributed by atoms with Gasteiger partial charge in [-0.1, -0.05) is 61.9 Å². The average Bonchev–Trinajstić information content (AvgIpc) is 2.66. The molecule has 0 heterocycles. The van der Waals surface area contributed by atoms with Gasteiger partial charge in [0.25, 0.3) is 0 Å². The van der Waals surface area contributed by atoms with Crippen LogP contribution >= 0.6 is 0 Å². The zero-order chi connectivity index (χ0) is 18.4. The lowest BCUT2D eigenvalue weighted by atomic mass is 10.0. The van der Waals surface area contributed by atoms with Gasteiger partial charge in [0, 0.05) is 5.56 Å². The molecule has 0 fully saturated rings. The van der Waals surface area contributed by atoms with Crippen molar-refractivity contribution >= 4 is 16.8 Å². The number of unbranched alkanes of at least 4 members (excludes halogenated alkanes) is 1. The van der Waals surface area contributed by atoms with Crippen LogP contribution in [0.2, 0.25) is 0 Å². The Bertz CT molecular complexity index is 898. The van der Waals surface area contributed by atoms with E-state index in [2.05, 4.69) is 50.3 Å². The maximum atomic E-state index is 5.74. The lowest BCUT2D eigenvalue weighted by Gasteiger charge is -2.16. The van der Waals surface area contributed by atoms with Gasteiger partial charge in [0.2, 0.25) is 0 Å². The van der Waals surface area contributed by atoms with E-state index in [0.29, 0.717) is 0 Å². The van der Waals surface area contributed by atoms with E-state index >= 15 is 0 Å². The highest BCUT2D eigenvalue weighted by atomic mass is 17.2. The number of allylic oxidation sites excluding steroid dienone is 6. The van der Waals surface area contributed by atoms with Gasteiger partial charge in [-0.2, -0.15) is 0 Å². The molecule has 0 saturated heterocycles. The molecule has 0 aromatic heterocycles. The summed E-state index contributed by atoms with van der Waals surface area (Å²) in [6.07, 6.45) is 13.8. The van der Waals surface area contributed by atoms with Gasteiger partial charge in [0.05, 0.1) is 0 Å². The monoisotopic (exact) mass is 346 g/mol. The van der Waals surface area contributed by atoms with E-state index in [0.717, 1.165) is 40.9 Å². The highest BCUT2D eigenvalue weighted by Crippen LogP contribution is 2.30. The van der Waals surface area contributed by atoms with Gasteiger partial charge < -0.3 is 0 Å². The summed E-state index contributed by atoms with van der Waals surface area (Å²) in [4.78, 5) is 11.4. The first-order chi connectivity index (χ1) is 12.7. The van der Waals surface area contributed by atoms with E-state index in [-0.39, 0.29) is 0 Å². The lowest BCUT2D eigenvalue weighted by Crippen LogP contribution is -2.03. The van der Waals surface area contributed by atoms with Gasteiger partial charge in [-0.15, -0.1) is 0 Å². The number of hydrogen-bond donors (Lipinski definition) is 0. The Morgan fingerprint density at radius 3 is 2.54 bits per heavy atom. The molecule has 0 radical (unpaired) electrons. The predicted octanol–water partition coefficient (Wildman–Crippen LogP) is 7.14.